The zero-order valence-electron chi connectivity index (χ0n) is 16.2. The lowest BCUT2D eigenvalue weighted by Gasteiger charge is -2.30. The van der Waals surface area contributed by atoms with Gasteiger partial charge in [-0.1, -0.05) is 46.6 Å². The Kier molecular flexibility index (Phi) is 7.91. The Labute approximate surface area is 173 Å². The van der Waals surface area contributed by atoms with Crippen LogP contribution in [0.15, 0.2) is 16.6 Å². The predicted molar refractivity (Wildman–Crippen MR) is 112 cm³/mol. The van der Waals surface area contributed by atoms with E-state index in [-0.39, 0.29) is 22.7 Å². The molecular weight excluding hydrogens is 430 g/mol. The summed E-state index contributed by atoms with van der Waals surface area (Å²) in [5, 5.41) is 0.0780. The second-order valence-electron chi connectivity index (χ2n) is 6.89. The molecule has 1 aliphatic rings. The molecule has 0 bridgehead atoms. The van der Waals surface area contributed by atoms with Crippen molar-refractivity contribution in [2.75, 3.05) is 17.8 Å². The standard InChI is InChI=1S/C20H26BrNO4S/c1-12-9-10-16(21)13(2)18(12)22(14(3)19(24)26-4)17(23)11-27-20(25)15-7-5-6-8-15/h9-10,14-15H,5-8,11H2,1-4H3/t14-/m0/s1. The number of hydrogen-bond acceptors (Lipinski definition) is 5. The van der Waals surface area contributed by atoms with Gasteiger partial charge in [0.15, 0.2) is 5.12 Å². The minimum Gasteiger partial charge on any atom is -0.467 e. The van der Waals surface area contributed by atoms with Gasteiger partial charge in [0.2, 0.25) is 5.91 Å². The number of carbonyl (C=O) groups is 3. The van der Waals surface area contributed by atoms with E-state index in [0.717, 1.165) is 53.0 Å². The Hall–Kier alpha value is -1.34. The first-order valence-electron chi connectivity index (χ1n) is 9.10. The molecule has 1 atom stereocenters. The first-order chi connectivity index (χ1) is 12.8. The van der Waals surface area contributed by atoms with Gasteiger partial charge in [0.25, 0.3) is 0 Å². The average molecular weight is 456 g/mol. The van der Waals surface area contributed by atoms with Crippen LogP contribution in [0.5, 0.6) is 0 Å². The molecule has 0 aromatic heterocycles. The molecule has 0 N–H and O–H groups in total. The predicted octanol–water partition coefficient (Wildman–Crippen LogP) is 4.41. The lowest BCUT2D eigenvalue weighted by molar-refractivity contribution is -0.142. The minimum atomic E-state index is -0.781. The van der Waals surface area contributed by atoms with Crippen LogP contribution in [0.25, 0.3) is 0 Å². The molecule has 0 unspecified atom stereocenters. The van der Waals surface area contributed by atoms with Crippen molar-refractivity contribution in [2.45, 2.75) is 52.5 Å². The topological polar surface area (TPSA) is 63.7 Å². The Morgan fingerprint density at radius 3 is 2.48 bits per heavy atom. The van der Waals surface area contributed by atoms with Crippen LogP contribution in [0.2, 0.25) is 0 Å². The number of aryl methyl sites for hydroxylation is 1. The number of carbonyl (C=O) groups excluding carboxylic acids is 3. The minimum absolute atomic E-state index is 0.0159. The number of thioether (sulfide) groups is 1. The summed E-state index contributed by atoms with van der Waals surface area (Å²) in [7, 11) is 1.31. The quantitative estimate of drug-likeness (QED) is 0.594. The van der Waals surface area contributed by atoms with Crippen molar-refractivity contribution in [3.8, 4) is 0 Å². The van der Waals surface area contributed by atoms with Crippen LogP contribution >= 0.6 is 27.7 Å². The molecule has 7 heteroatoms. The van der Waals surface area contributed by atoms with Gasteiger partial charge in [-0.15, -0.1) is 0 Å². The fraction of sp³-hybridized carbons (Fsp3) is 0.550. The maximum atomic E-state index is 13.1. The average Bonchev–Trinajstić information content (AvgIpc) is 3.19. The van der Waals surface area contributed by atoms with Crippen LogP contribution in [-0.2, 0) is 19.1 Å². The molecule has 1 fully saturated rings. The summed E-state index contributed by atoms with van der Waals surface area (Å²) in [5.41, 5.74) is 2.43. The third kappa shape index (κ3) is 5.13. The SMILES string of the molecule is COC(=O)[C@H](C)N(C(=O)CSC(=O)C1CCCC1)c1c(C)ccc(Br)c1C. The number of methoxy groups -OCH3 is 1. The number of halogens is 1. The molecule has 1 saturated carbocycles. The Morgan fingerprint density at radius 1 is 1.26 bits per heavy atom. The van der Waals surface area contributed by atoms with E-state index >= 15 is 0 Å². The van der Waals surface area contributed by atoms with Gasteiger partial charge in [0, 0.05) is 10.4 Å². The van der Waals surface area contributed by atoms with Gasteiger partial charge in [0.1, 0.15) is 6.04 Å². The van der Waals surface area contributed by atoms with Crippen molar-refractivity contribution < 1.29 is 19.1 Å². The van der Waals surface area contributed by atoms with E-state index in [4.69, 9.17) is 4.74 Å². The Bertz CT molecular complexity index is 731. The van der Waals surface area contributed by atoms with E-state index in [9.17, 15) is 14.4 Å². The van der Waals surface area contributed by atoms with Crippen LogP contribution in [0, 0.1) is 19.8 Å². The van der Waals surface area contributed by atoms with Gasteiger partial charge >= 0.3 is 5.97 Å². The fourth-order valence-electron chi connectivity index (χ4n) is 3.47. The molecule has 2 rings (SSSR count). The van der Waals surface area contributed by atoms with E-state index < -0.39 is 12.0 Å². The highest BCUT2D eigenvalue weighted by Crippen LogP contribution is 2.34. The van der Waals surface area contributed by atoms with E-state index in [0.29, 0.717) is 5.69 Å². The smallest absolute Gasteiger partial charge is 0.328 e. The number of anilines is 1. The summed E-state index contributed by atoms with van der Waals surface area (Å²) in [4.78, 5) is 39.1. The number of amides is 1. The summed E-state index contributed by atoms with van der Waals surface area (Å²) in [6.07, 6.45) is 3.97. The summed E-state index contributed by atoms with van der Waals surface area (Å²) in [5.74, 6) is -0.686. The van der Waals surface area contributed by atoms with Gasteiger partial charge < -0.3 is 4.74 Å². The molecule has 5 nitrogen and oxygen atoms in total. The van der Waals surface area contributed by atoms with Gasteiger partial charge in [-0.25, -0.2) is 4.79 Å². The first kappa shape index (κ1) is 22.0. The van der Waals surface area contributed by atoms with Crippen molar-refractivity contribution in [2.24, 2.45) is 5.92 Å². The van der Waals surface area contributed by atoms with Crippen LogP contribution in [0.4, 0.5) is 5.69 Å². The second-order valence-corrected chi connectivity index (χ2v) is 8.72. The van der Waals surface area contributed by atoms with Gasteiger partial charge in [0.05, 0.1) is 18.6 Å². The van der Waals surface area contributed by atoms with Gasteiger partial charge in [-0.2, -0.15) is 0 Å². The van der Waals surface area contributed by atoms with E-state index in [1.165, 1.54) is 12.0 Å². The summed E-state index contributed by atoms with van der Waals surface area (Å²) >= 11 is 4.56. The second kappa shape index (κ2) is 9.73. The van der Waals surface area contributed by atoms with E-state index in [1.54, 1.807) is 6.92 Å². The van der Waals surface area contributed by atoms with Gasteiger partial charge in [-0.3, -0.25) is 14.5 Å². The van der Waals surface area contributed by atoms with E-state index in [1.807, 2.05) is 26.0 Å². The van der Waals surface area contributed by atoms with Gasteiger partial charge in [-0.05, 0) is 50.8 Å². The third-order valence-corrected chi connectivity index (χ3v) is 6.90. The number of ether oxygens (including phenoxy) is 1. The molecule has 148 valence electrons. The van der Waals surface area contributed by atoms with E-state index in [2.05, 4.69) is 15.9 Å². The number of benzene rings is 1. The number of nitrogens with zero attached hydrogens (tertiary/aromatic N) is 1. The first-order valence-corrected chi connectivity index (χ1v) is 10.9. The van der Waals surface area contributed by atoms with Crippen LogP contribution in [-0.4, -0.2) is 35.9 Å². The highest BCUT2D eigenvalue weighted by molar-refractivity contribution is 9.10. The lowest BCUT2D eigenvalue weighted by atomic mass is 10.1. The number of rotatable bonds is 6. The normalized spacial score (nSPS) is 15.4. The highest BCUT2D eigenvalue weighted by atomic mass is 79.9. The molecule has 27 heavy (non-hydrogen) atoms. The van der Waals surface area contributed by atoms with Crippen molar-refractivity contribution in [3.05, 3.63) is 27.7 Å². The third-order valence-electron chi connectivity index (χ3n) is 5.03. The Balaban J connectivity index is 2.27. The molecule has 0 heterocycles. The maximum absolute atomic E-state index is 13.1. The number of hydrogen-bond donors (Lipinski definition) is 0. The number of esters is 1. The summed E-state index contributed by atoms with van der Waals surface area (Å²) in [6.45, 7) is 5.44. The zero-order valence-corrected chi connectivity index (χ0v) is 18.6. The van der Waals surface area contributed by atoms with Crippen LogP contribution < -0.4 is 4.90 Å². The van der Waals surface area contributed by atoms with Crippen molar-refractivity contribution in [1.82, 2.24) is 0 Å². The molecule has 1 amide bonds. The molecule has 0 radical (unpaired) electrons. The van der Waals surface area contributed by atoms with Crippen LogP contribution in [0.1, 0.15) is 43.7 Å². The highest BCUT2D eigenvalue weighted by Gasteiger charge is 2.32. The molecule has 0 saturated heterocycles. The fourth-order valence-corrected chi connectivity index (χ4v) is 4.67. The lowest BCUT2D eigenvalue weighted by Crippen LogP contribution is -2.46. The molecular formula is C20H26BrNO4S. The maximum Gasteiger partial charge on any atom is 0.328 e. The zero-order chi connectivity index (χ0) is 20.1. The summed E-state index contributed by atoms with van der Waals surface area (Å²) in [6, 6.07) is 3.03. The monoisotopic (exact) mass is 455 g/mol. The largest absolute Gasteiger partial charge is 0.467 e. The molecule has 1 aromatic rings. The molecule has 0 aliphatic heterocycles. The van der Waals surface area contributed by atoms with Crippen molar-refractivity contribution in [1.29, 1.82) is 0 Å². The van der Waals surface area contributed by atoms with Crippen LogP contribution in [0.3, 0.4) is 0 Å². The Morgan fingerprint density at radius 2 is 1.89 bits per heavy atom. The summed E-state index contributed by atoms with van der Waals surface area (Å²) < 4.78 is 5.72. The van der Waals surface area contributed by atoms with Crippen molar-refractivity contribution >= 4 is 50.4 Å². The van der Waals surface area contributed by atoms with Crippen molar-refractivity contribution in [3.63, 3.8) is 0 Å². The molecule has 1 aliphatic carbocycles. The molecule has 0 spiro atoms. The molecule has 1 aromatic carbocycles.